The van der Waals surface area contributed by atoms with E-state index >= 15 is 0 Å². The first-order valence-corrected chi connectivity index (χ1v) is 10.6. The number of amides is 3. The number of rotatable bonds is 4. The highest BCUT2D eigenvalue weighted by Crippen LogP contribution is 2.37. The highest BCUT2D eigenvalue weighted by atomic mass is 16.5. The molecule has 160 valence electrons. The van der Waals surface area contributed by atoms with E-state index in [1.807, 2.05) is 30.3 Å². The first-order chi connectivity index (χ1) is 15.6. The Morgan fingerprint density at radius 3 is 2.09 bits per heavy atom. The molecule has 6 nitrogen and oxygen atoms in total. The molecule has 3 aromatic carbocycles. The molecule has 1 N–H and O–H groups in total. The molecule has 5 rings (SSSR count). The van der Waals surface area contributed by atoms with Gasteiger partial charge in [0.2, 0.25) is 5.91 Å². The first-order valence-electron chi connectivity index (χ1n) is 10.6. The van der Waals surface area contributed by atoms with E-state index in [2.05, 4.69) is 5.32 Å². The van der Waals surface area contributed by atoms with Crippen molar-refractivity contribution >= 4 is 29.1 Å². The highest BCUT2D eigenvalue weighted by molar-refractivity contribution is 6.34. The Balaban J connectivity index is 1.44. The number of anilines is 2. The molecule has 2 aliphatic rings. The third-order valence-electron chi connectivity index (χ3n) is 6.26. The van der Waals surface area contributed by atoms with E-state index in [0.717, 1.165) is 10.5 Å². The van der Waals surface area contributed by atoms with Gasteiger partial charge in [-0.3, -0.25) is 14.4 Å². The van der Waals surface area contributed by atoms with E-state index in [0.29, 0.717) is 48.6 Å². The minimum absolute atomic E-state index is 0.119. The predicted octanol–water partition coefficient (Wildman–Crippen LogP) is 4.17. The number of imide groups is 1. The molecule has 0 radical (unpaired) electrons. The zero-order chi connectivity index (χ0) is 22.1. The number of hydrogen-bond acceptors (Lipinski definition) is 4. The van der Waals surface area contributed by atoms with Crippen molar-refractivity contribution in [3.8, 4) is 0 Å². The van der Waals surface area contributed by atoms with Gasteiger partial charge in [-0.2, -0.15) is 0 Å². The fourth-order valence-electron chi connectivity index (χ4n) is 4.52. The summed E-state index contributed by atoms with van der Waals surface area (Å²) in [4.78, 5) is 40.3. The standard InChI is InChI=1S/C26H22N2O4/c29-23-21-11-4-5-12-22(21)24(30)28(23)20-10-6-9-19(17-20)27-25(31)26(13-15-32-16-14-26)18-7-2-1-3-8-18/h1-12,17H,13-16H2,(H,27,31). The molecule has 2 aliphatic heterocycles. The van der Waals surface area contributed by atoms with Crippen LogP contribution in [-0.4, -0.2) is 30.9 Å². The predicted molar refractivity (Wildman–Crippen MR) is 121 cm³/mol. The molecule has 3 amide bonds. The second-order valence-corrected chi connectivity index (χ2v) is 8.06. The van der Waals surface area contributed by atoms with Crippen molar-refractivity contribution in [3.05, 3.63) is 95.6 Å². The van der Waals surface area contributed by atoms with Gasteiger partial charge in [-0.1, -0.05) is 48.5 Å². The Labute approximate surface area is 185 Å². The zero-order valence-corrected chi connectivity index (χ0v) is 17.4. The van der Waals surface area contributed by atoms with Gasteiger partial charge >= 0.3 is 0 Å². The van der Waals surface area contributed by atoms with Gasteiger partial charge < -0.3 is 10.1 Å². The van der Waals surface area contributed by atoms with Gasteiger partial charge in [0.15, 0.2) is 0 Å². The molecule has 0 saturated carbocycles. The van der Waals surface area contributed by atoms with Crippen molar-refractivity contribution in [2.75, 3.05) is 23.4 Å². The number of nitrogens with zero attached hydrogens (tertiary/aromatic N) is 1. The van der Waals surface area contributed by atoms with Crippen molar-refractivity contribution in [3.63, 3.8) is 0 Å². The van der Waals surface area contributed by atoms with E-state index in [4.69, 9.17) is 4.74 Å². The lowest BCUT2D eigenvalue weighted by molar-refractivity contribution is -0.125. The maximum Gasteiger partial charge on any atom is 0.266 e. The fourth-order valence-corrected chi connectivity index (χ4v) is 4.52. The van der Waals surface area contributed by atoms with Gasteiger partial charge in [0.25, 0.3) is 11.8 Å². The van der Waals surface area contributed by atoms with Crippen molar-refractivity contribution < 1.29 is 19.1 Å². The quantitative estimate of drug-likeness (QED) is 0.636. The molecule has 3 aromatic rings. The van der Waals surface area contributed by atoms with E-state index < -0.39 is 5.41 Å². The van der Waals surface area contributed by atoms with Crippen LogP contribution in [0.1, 0.15) is 39.1 Å². The van der Waals surface area contributed by atoms with Crippen LogP contribution < -0.4 is 10.2 Å². The largest absolute Gasteiger partial charge is 0.381 e. The first kappa shape index (κ1) is 20.2. The highest BCUT2D eigenvalue weighted by Gasteiger charge is 2.42. The molecule has 1 saturated heterocycles. The third-order valence-corrected chi connectivity index (χ3v) is 6.26. The number of fused-ring (bicyclic) bond motifs is 1. The Kier molecular flexibility index (Phi) is 5.07. The molecule has 32 heavy (non-hydrogen) atoms. The zero-order valence-electron chi connectivity index (χ0n) is 17.4. The smallest absolute Gasteiger partial charge is 0.266 e. The molecule has 0 aromatic heterocycles. The SMILES string of the molecule is O=C1c2ccccc2C(=O)N1c1cccc(NC(=O)C2(c3ccccc3)CCOCC2)c1. The minimum atomic E-state index is -0.689. The van der Waals surface area contributed by atoms with Gasteiger partial charge in [0.05, 0.1) is 22.2 Å². The Morgan fingerprint density at radius 2 is 1.44 bits per heavy atom. The summed E-state index contributed by atoms with van der Waals surface area (Å²) in [5, 5.41) is 3.02. The second-order valence-electron chi connectivity index (χ2n) is 8.06. The summed E-state index contributed by atoms with van der Waals surface area (Å²) in [7, 11) is 0. The summed E-state index contributed by atoms with van der Waals surface area (Å²) >= 11 is 0. The average molecular weight is 426 g/mol. The van der Waals surface area contributed by atoms with Crippen LogP contribution in [0.15, 0.2) is 78.9 Å². The number of benzene rings is 3. The lowest BCUT2D eigenvalue weighted by Crippen LogP contribution is -2.44. The topological polar surface area (TPSA) is 75.7 Å². The summed E-state index contributed by atoms with van der Waals surface area (Å²) in [6.45, 7) is 1.02. The summed E-state index contributed by atoms with van der Waals surface area (Å²) in [5.74, 6) is -0.843. The molecule has 0 spiro atoms. The van der Waals surface area contributed by atoms with Gasteiger partial charge in [0, 0.05) is 18.9 Å². The van der Waals surface area contributed by atoms with E-state index in [9.17, 15) is 14.4 Å². The van der Waals surface area contributed by atoms with Crippen molar-refractivity contribution in [2.24, 2.45) is 0 Å². The van der Waals surface area contributed by atoms with E-state index in [-0.39, 0.29) is 17.7 Å². The van der Waals surface area contributed by atoms with Crippen LogP contribution in [0.5, 0.6) is 0 Å². The maximum atomic E-state index is 13.5. The van der Waals surface area contributed by atoms with Crippen LogP contribution in [0.25, 0.3) is 0 Å². The maximum absolute atomic E-state index is 13.5. The molecule has 6 heteroatoms. The average Bonchev–Trinajstić information content (AvgIpc) is 3.10. The molecule has 0 aliphatic carbocycles. The van der Waals surface area contributed by atoms with Crippen molar-refractivity contribution in [2.45, 2.75) is 18.3 Å². The molecule has 0 unspecified atom stereocenters. The van der Waals surface area contributed by atoms with Crippen LogP contribution >= 0.6 is 0 Å². The van der Waals surface area contributed by atoms with Gasteiger partial charge in [-0.05, 0) is 48.7 Å². The number of carbonyl (C=O) groups is 3. The number of ether oxygens (including phenoxy) is 1. The van der Waals surface area contributed by atoms with Crippen molar-refractivity contribution in [1.82, 2.24) is 0 Å². The minimum Gasteiger partial charge on any atom is -0.381 e. The molecule has 2 heterocycles. The summed E-state index contributed by atoms with van der Waals surface area (Å²) in [6, 6.07) is 23.4. The van der Waals surface area contributed by atoms with Gasteiger partial charge in [-0.15, -0.1) is 0 Å². The fraction of sp³-hybridized carbons (Fsp3) is 0.192. The van der Waals surface area contributed by atoms with Crippen molar-refractivity contribution in [1.29, 1.82) is 0 Å². The summed E-state index contributed by atoms with van der Waals surface area (Å²) < 4.78 is 5.53. The van der Waals surface area contributed by atoms with Crippen LogP contribution in [0.4, 0.5) is 11.4 Å². The summed E-state index contributed by atoms with van der Waals surface area (Å²) in [5.41, 5.74) is 2.00. The van der Waals surface area contributed by atoms with Gasteiger partial charge in [0.1, 0.15) is 0 Å². The second kappa shape index (κ2) is 8.05. The lowest BCUT2D eigenvalue weighted by atomic mass is 9.73. The van der Waals surface area contributed by atoms with Crippen LogP contribution in [0.3, 0.4) is 0 Å². The Morgan fingerprint density at radius 1 is 0.812 bits per heavy atom. The lowest BCUT2D eigenvalue weighted by Gasteiger charge is -2.36. The normalized spacial score (nSPS) is 17.2. The van der Waals surface area contributed by atoms with Gasteiger partial charge in [-0.25, -0.2) is 4.90 Å². The van der Waals surface area contributed by atoms with E-state index in [1.54, 1.807) is 48.5 Å². The Hall–Kier alpha value is -3.77. The molecule has 1 fully saturated rings. The summed E-state index contributed by atoms with van der Waals surface area (Å²) in [6.07, 6.45) is 1.17. The van der Waals surface area contributed by atoms with Crippen LogP contribution in [-0.2, 0) is 14.9 Å². The Bertz CT molecular complexity index is 1160. The molecular formula is C26H22N2O4. The monoisotopic (exact) mass is 426 g/mol. The third kappa shape index (κ3) is 3.29. The molecule has 0 atom stereocenters. The van der Waals surface area contributed by atoms with Crippen LogP contribution in [0.2, 0.25) is 0 Å². The van der Waals surface area contributed by atoms with Crippen LogP contribution in [0, 0.1) is 0 Å². The number of hydrogen-bond donors (Lipinski definition) is 1. The molecule has 0 bridgehead atoms. The van der Waals surface area contributed by atoms with E-state index in [1.165, 1.54) is 0 Å². The molecular weight excluding hydrogens is 404 g/mol. The number of nitrogens with one attached hydrogen (secondary N) is 1. The number of carbonyl (C=O) groups excluding carboxylic acids is 3.